The second-order valence-corrected chi connectivity index (χ2v) is 1.39. The van der Waals surface area contributed by atoms with E-state index in [4.69, 9.17) is 4.84 Å². The molecule has 1 rings (SSSR count). The quantitative estimate of drug-likeness (QED) is 0.423. The van der Waals surface area contributed by atoms with Crippen LogP contribution >= 0.6 is 0 Å². The predicted molar refractivity (Wildman–Crippen MR) is 22.6 cm³/mol. The van der Waals surface area contributed by atoms with E-state index in [0.717, 1.165) is 19.6 Å². The summed E-state index contributed by atoms with van der Waals surface area (Å²) in [6.07, 6.45) is 1.13. The highest BCUT2D eigenvalue weighted by molar-refractivity contribution is 4.48. The maximum absolute atomic E-state index is 4.88. The van der Waals surface area contributed by atoms with Crippen LogP contribution in [-0.2, 0) is 4.84 Å². The third-order valence-electron chi connectivity index (χ3n) is 0.826. The highest BCUT2D eigenvalue weighted by Gasteiger charge is 2.04. The molecule has 0 aromatic heterocycles. The van der Waals surface area contributed by atoms with E-state index < -0.39 is 0 Å². The van der Waals surface area contributed by atoms with Gasteiger partial charge in [-0.25, -0.2) is 0 Å². The molecule has 0 bridgehead atoms. The molecule has 1 aliphatic rings. The molecule has 1 fully saturated rings. The molecule has 0 amide bonds. The van der Waals surface area contributed by atoms with Gasteiger partial charge in [0.1, 0.15) is 0 Å². The minimum absolute atomic E-state index is 0.851. The summed E-state index contributed by atoms with van der Waals surface area (Å²) >= 11 is 0. The molecular formula is C4H8NO. The first-order valence-electron chi connectivity index (χ1n) is 2.10. The summed E-state index contributed by atoms with van der Waals surface area (Å²) < 4.78 is 0. The van der Waals surface area contributed by atoms with Crippen molar-refractivity contribution in [3.63, 3.8) is 0 Å². The fourth-order valence-electron chi connectivity index (χ4n) is 0.499. The van der Waals surface area contributed by atoms with Gasteiger partial charge in [-0.05, 0) is 6.42 Å². The lowest BCUT2D eigenvalue weighted by atomic mass is 10.5. The van der Waals surface area contributed by atoms with Gasteiger partial charge in [0.15, 0.2) is 0 Å². The maximum atomic E-state index is 4.88. The van der Waals surface area contributed by atoms with Crippen molar-refractivity contribution >= 4 is 0 Å². The molecule has 35 valence electrons. The largest absolute Gasteiger partial charge is 0.299 e. The van der Waals surface area contributed by atoms with Crippen LogP contribution in [0.2, 0.25) is 0 Å². The van der Waals surface area contributed by atoms with E-state index in [-0.39, 0.29) is 0 Å². The van der Waals surface area contributed by atoms with Crippen LogP contribution in [0.25, 0.3) is 0 Å². The second-order valence-electron chi connectivity index (χ2n) is 1.39. The fraction of sp³-hybridized carbons (Fsp3) is 0.750. The number of hydrogen-bond donors (Lipinski definition) is 0. The van der Waals surface area contributed by atoms with Gasteiger partial charge < -0.3 is 0 Å². The molecule has 2 heteroatoms. The molecule has 1 radical (unpaired) electrons. The van der Waals surface area contributed by atoms with Crippen LogP contribution in [-0.4, -0.2) is 18.2 Å². The summed E-state index contributed by atoms with van der Waals surface area (Å²) in [5, 5.41) is 1.61. The minimum atomic E-state index is 0.851. The average Bonchev–Trinajstić information content (AvgIpc) is 1.86. The maximum Gasteiger partial charge on any atom is 0.0698 e. The normalized spacial score (nSPS) is 25.5. The van der Waals surface area contributed by atoms with Gasteiger partial charge in [-0.15, -0.1) is 0 Å². The summed E-state index contributed by atoms with van der Waals surface area (Å²) in [5.41, 5.74) is 0. The van der Waals surface area contributed by atoms with Gasteiger partial charge in [0, 0.05) is 13.6 Å². The first-order valence-corrected chi connectivity index (χ1v) is 2.10. The van der Waals surface area contributed by atoms with Crippen LogP contribution in [0.4, 0.5) is 0 Å². The molecule has 0 aromatic rings. The Morgan fingerprint density at radius 2 is 2.50 bits per heavy atom. The Morgan fingerprint density at radius 1 is 1.67 bits per heavy atom. The standard InChI is InChI=1S/C4H8NO/c1-5-3-2-4-6-5/h1-4H2. The molecule has 1 heterocycles. The van der Waals surface area contributed by atoms with E-state index in [9.17, 15) is 0 Å². The van der Waals surface area contributed by atoms with Gasteiger partial charge >= 0.3 is 0 Å². The third-order valence-corrected chi connectivity index (χ3v) is 0.826. The summed E-state index contributed by atoms with van der Waals surface area (Å²) in [4.78, 5) is 4.88. The van der Waals surface area contributed by atoms with E-state index in [2.05, 4.69) is 7.05 Å². The van der Waals surface area contributed by atoms with Crippen LogP contribution in [0.5, 0.6) is 0 Å². The molecule has 0 atom stereocenters. The molecule has 2 nitrogen and oxygen atoms in total. The molecule has 0 spiro atoms. The summed E-state index contributed by atoms with van der Waals surface area (Å²) in [7, 11) is 3.55. The summed E-state index contributed by atoms with van der Waals surface area (Å²) in [5.74, 6) is 0. The third kappa shape index (κ3) is 0.698. The first kappa shape index (κ1) is 4.09. The van der Waals surface area contributed by atoms with Crippen molar-refractivity contribution in [2.45, 2.75) is 6.42 Å². The van der Waals surface area contributed by atoms with Crippen LogP contribution in [0, 0.1) is 7.05 Å². The van der Waals surface area contributed by atoms with Crippen molar-refractivity contribution in [3.8, 4) is 0 Å². The monoisotopic (exact) mass is 86.1 g/mol. The van der Waals surface area contributed by atoms with Crippen molar-refractivity contribution in [1.82, 2.24) is 5.06 Å². The van der Waals surface area contributed by atoms with Gasteiger partial charge in [0.2, 0.25) is 0 Å². The lowest BCUT2D eigenvalue weighted by Crippen LogP contribution is -2.05. The van der Waals surface area contributed by atoms with Crippen molar-refractivity contribution in [1.29, 1.82) is 0 Å². The molecule has 0 saturated carbocycles. The molecule has 0 N–H and O–H groups in total. The Kier molecular flexibility index (Phi) is 1.08. The van der Waals surface area contributed by atoms with Gasteiger partial charge in [0.25, 0.3) is 0 Å². The van der Waals surface area contributed by atoms with E-state index in [1.165, 1.54) is 0 Å². The molecule has 0 unspecified atom stereocenters. The van der Waals surface area contributed by atoms with E-state index in [0.29, 0.717) is 0 Å². The summed E-state index contributed by atoms with van der Waals surface area (Å²) in [6.45, 7) is 1.84. The molecule has 1 aliphatic heterocycles. The number of rotatable bonds is 0. The molecule has 1 saturated heterocycles. The minimum Gasteiger partial charge on any atom is -0.299 e. The topological polar surface area (TPSA) is 12.5 Å². The van der Waals surface area contributed by atoms with E-state index >= 15 is 0 Å². The Hall–Kier alpha value is -0.0800. The van der Waals surface area contributed by atoms with Crippen molar-refractivity contribution in [2.24, 2.45) is 0 Å². The van der Waals surface area contributed by atoms with Crippen LogP contribution in [0.15, 0.2) is 0 Å². The fourth-order valence-corrected chi connectivity index (χ4v) is 0.499. The molecule has 6 heavy (non-hydrogen) atoms. The first-order chi connectivity index (χ1) is 2.89. The highest BCUT2D eigenvalue weighted by Crippen LogP contribution is 1.99. The predicted octanol–water partition coefficient (Wildman–Crippen LogP) is 0.415. The molecule has 0 aromatic carbocycles. The Morgan fingerprint density at radius 3 is 2.67 bits per heavy atom. The zero-order chi connectivity index (χ0) is 4.41. The van der Waals surface area contributed by atoms with E-state index in [1.54, 1.807) is 5.06 Å². The Labute approximate surface area is 37.7 Å². The van der Waals surface area contributed by atoms with Gasteiger partial charge in [-0.3, -0.25) is 4.84 Å². The van der Waals surface area contributed by atoms with Crippen molar-refractivity contribution < 1.29 is 4.84 Å². The number of hydrogen-bond acceptors (Lipinski definition) is 2. The molecular weight excluding hydrogens is 78.0 g/mol. The second kappa shape index (κ2) is 1.58. The Balaban J connectivity index is 2.18. The Bertz CT molecular complexity index is 40.8. The van der Waals surface area contributed by atoms with Crippen molar-refractivity contribution in [2.75, 3.05) is 13.2 Å². The summed E-state index contributed by atoms with van der Waals surface area (Å²) in [6, 6.07) is 0. The van der Waals surface area contributed by atoms with E-state index in [1.807, 2.05) is 0 Å². The smallest absolute Gasteiger partial charge is 0.0698 e. The number of hydroxylamine groups is 2. The van der Waals surface area contributed by atoms with Crippen LogP contribution in [0.3, 0.4) is 0 Å². The lowest BCUT2D eigenvalue weighted by Gasteiger charge is -2.00. The van der Waals surface area contributed by atoms with Gasteiger partial charge in [0.05, 0.1) is 6.61 Å². The van der Waals surface area contributed by atoms with Gasteiger partial charge in [-0.1, -0.05) is 0 Å². The SMILES string of the molecule is [CH2]N1CCCO1. The van der Waals surface area contributed by atoms with Crippen molar-refractivity contribution in [3.05, 3.63) is 7.05 Å². The highest BCUT2D eigenvalue weighted by atomic mass is 16.7. The molecule has 0 aliphatic carbocycles. The number of nitrogens with zero attached hydrogens (tertiary/aromatic N) is 1. The average molecular weight is 86.1 g/mol. The van der Waals surface area contributed by atoms with Gasteiger partial charge in [-0.2, -0.15) is 5.06 Å². The zero-order valence-electron chi connectivity index (χ0n) is 3.68. The zero-order valence-corrected chi connectivity index (χ0v) is 3.68. The van der Waals surface area contributed by atoms with Crippen LogP contribution in [0.1, 0.15) is 6.42 Å². The lowest BCUT2D eigenvalue weighted by molar-refractivity contribution is -0.0694. The van der Waals surface area contributed by atoms with Crippen LogP contribution < -0.4 is 0 Å².